The smallest absolute Gasteiger partial charge is 0.162 e. The Hall–Kier alpha value is -1.72. The van der Waals surface area contributed by atoms with Crippen LogP contribution in [0.5, 0.6) is 11.5 Å². The molecule has 4 rings (SSSR count). The molecule has 1 aromatic carbocycles. The molecule has 2 aromatic rings. The summed E-state index contributed by atoms with van der Waals surface area (Å²) in [6, 6.07) is 5.06. The van der Waals surface area contributed by atoms with Gasteiger partial charge >= 0.3 is 0 Å². The van der Waals surface area contributed by atoms with Crippen LogP contribution in [0.2, 0.25) is 0 Å². The summed E-state index contributed by atoms with van der Waals surface area (Å²) in [5, 5.41) is 5.05. The van der Waals surface area contributed by atoms with Gasteiger partial charge in [-0.1, -0.05) is 6.92 Å². The molecule has 0 saturated carbocycles. The highest BCUT2D eigenvalue weighted by Gasteiger charge is 2.27. The van der Waals surface area contributed by atoms with E-state index in [-0.39, 0.29) is 0 Å². The van der Waals surface area contributed by atoms with E-state index in [0.29, 0.717) is 12.1 Å². The second-order valence-corrected chi connectivity index (χ2v) is 8.47. The number of aryl methyl sites for hydroxylation is 1. The van der Waals surface area contributed by atoms with Gasteiger partial charge in [0.25, 0.3) is 0 Å². The molecule has 1 aromatic heterocycles. The molecule has 1 saturated heterocycles. The van der Waals surface area contributed by atoms with Crippen molar-refractivity contribution in [2.45, 2.75) is 57.5 Å². The molecule has 2 aliphatic rings. The van der Waals surface area contributed by atoms with Crippen LogP contribution in [-0.4, -0.2) is 55.2 Å². The molecular weight excluding hydrogens is 386 g/mol. The Labute approximate surface area is 178 Å². The number of aromatic nitrogens is 1. The van der Waals surface area contributed by atoms with Gasteiger partial charge in [-0.05, 0) is 50.2 Å². The zero-order valence-electron chi connectivity index (χ0n) is 17.8. The Balaban J connectivity index is 1.63. The summed E-state index contributed by atoms with van der Waals surface area (Å²) in [4.78, 5) is 7.50. The summed E-state index contributed by atoms with van der Waals surface area (Å²) in [6.45, 7) is 4.43. The number of alkyl halides is 1. The monoisotopic (exact) mass is 417 g/mol. The first-order chi connectivity index (χ1) is 14.2. The van der Waals surface area contributed by atoms with Crippen molar-refractivity contribution in [3.8, 4) is 11.5 Å². The third kappa shape index (κ3) is 3.99. The Morgan fingerprint density at radius 2 is 1.90 bits per heavy atom. The summed E-state index contributed by atoms with van der Waals surface area (Å²) in [5.74, 6) is 2.21. The van der Waals surface area contributed by atoms with E-state index in [1.54, 1.807) is 14.2 Å². The minimum absolute atomic E-state index is 0.475. The highest BCUT2D eigenvalue weighted by Crippen LogP contribution is 2.40. The second kappa shape index (κ2) is 8.97. The Bertz CT molecular complexity index is 861. The van der Waals surface area contributed by atoms with Crippen LogP contribution in [0.3, 0.4) is 0 Å². The molecule has 1 unspecified atom stereocenters. The number of hydrogen-bond acceptors (Lipinski definition) is 5. The maximum atomic E-state index is 6.16. The van der Waals surface area contributed by atoms with Crippen molar-refractivity contribution in [1.29, 1.82) is 0 Å². The zero-order valence-corrected chi connectivity index (χ0v) is 18.5. The number of pyridine rings is 1. The number of benzene rings is 1. The highest BCUT2D eigenvalue weighted by molar-refractivity contribution is 6.18. The second-order valence-electron chi connectivity index (χ2n) is 8.16. The lowest BCUT2D eigenvalue weighted by molar-refractivity contribution is 0.165. The number of halogens is 1. The van der Waals surface area contributed by atoms with Crippen LogP contribution in [0.25, 0.3) is 10.9 Å². The first-order valence-corrected chi connectivity index (χ1v) is 11.4. The topological polar surface area (TPSA) is 46.6 Å². The number of piperidine rings is 1. The largest absolute Gasteiger partial charge is 0.493 e. The van der Waals surface area contributed by atoms with Gasteiger partial charge in [-0.25, -0.2) is 0 Å². The molecule has 0 amide bonds. The van der Waals surface area contributed by atoms with Crippen LogP contribution < -0.4 is 14.8 Å². The number of likely N-dealkylation sites (tertiary alicyclic amines) is 1. The number of anilines is 1. The van der Waals surface area contributed by atoms with Crippen molar-refractivity contribution in [2.24, 2.45) is 0 Å². The number of ether oxygens (including phenoxy) is 2. The van der Waals surface area contributed by atoms with Gasteiger partial charge < -0.3 is 14.8 Å². The molecule has 2 heterocycles. The van der Waals surface area contributed by atoms with Gasteiger partial charge in [0, 0.05) is 53.9 Å². The van der Waals surface area contributed by atoms with Crippen molar-refractivity contribution in [3.05, 3.63) is 23.4 Å². The van der Waals surface area contributed by atoms with Crippen LogP contribution in [0.1, 0.15) is 43.9 Å². The molecule has 158 valence electrons. The third-order valence-electron chi connectivity index (χ3n) is 6.56. The van der Waals surface area contributed by atoms with Gasteiger partial charge in [0.05, 0.1) is 19.7 Å². The average Bonchev–Trinajstić information content (AvgIpc) is 3.23. The quantitative estimate of drug-likeness (QED) is 0.665. The Morgan fingerprint density at radius 3 is 2.55 bits per heavy atom. The summed E-state index contributed by atoms with van der Waals surface area (Å²) in [5.41, 5.74) is 4.86. The van der Waals surface area contributed by atoms with Gasteiger partial charge in [0.1, 0.15) is 0 Å². The number of hydrogen-bond donors (Lipinski definition) is 1. The van der Waals surface area contributed by atoms with Crippen molar-refractivity contribution in [1.82, 2.24) is 9.88 Å². The van der Waals surface area contributed by atoms with Gasteiger partial charge in [0.2, 0.25) is 0 Å². The summed E-state index contributed by atoms with van der Waals surface area (Å²) in [6.07, 6.45) is 6.72. The molecule has 1 N–H and O–H groups in total. The molecule has 1 fully saturated rings. The molecule has 6 heteroatoms. The number of fused-ring (bicyclic) bond motifs is 2. The maximum absolute atomic E-state index is 6.16. The molecule has 0 spiro atoms. The normalized spacial score (nSPS) is 18.6. The van der Waals surface area contributed by atoms with E-state index in [4.69, 9.17) is 26.1 Å². The van der Waals surface area contributed by atoms with Crippen molar-refractivity contribution in [2.75, 3.05) is 38.5 Å². The predicted octanol–water partition coefficient (Wildman–Crippen LogP) is 4.63. The molecule has 5 nitrogen and oxygen atoms in total. The van der Waals surface area contributed by atoms with Gasteiger partial charge in [-0.3, -0.25) is 9.88 Å². The molecule has 0 radical (unpaired) electrons. The number of nitrogens with zero attached hydrogens (tertiary/aromatic N) is 2. The van der Waals surface area contributed by atoms with Gasteiger partial charge in [-0.15, -0.1) is 11.6 Å². The van der Waals surface area contributed by atoms with E-state index in [2.05, 4.69) is 23.2 Å². The van der Waals surface area contributed by atoms with Crippen LogP contribution in [0.15, 0.2) is 12.1 Å². The Kier molecular flexibility index (Phi) is 6.35. The fourth-order valence-electron chi connectivity index (χ4n) is 4.83. The lowest BCUT2D eigenvalue weighted by atomic mass is 10.00. The van der Waals surface area contributed by atoms with E-state index in [1.165, 1.54) is 23.4 Å². The van der Waals surface area contributed by atoms with E-state index in [0.717, 1.165) is 73.5 Å². The predicted molar refractivity (Wildman–Crippen MR) is 120 cm³/mol. The molecule has 1 aliphatic carbocycles. The molecular formula is C23H32ClN3O2. The first-order valence-electron chi connectivity index (χ1n) is 10.8. The lowest BCUT2D eigenvalue weighted by Gasteiger charge is -2.37. The minimum atomic E-state index is 0.475. The number of rotatable bonds is 7. The number of nitrogens with one attached hydrogen (secondary N) is 1. The first kappa shape index (κ1) is 20.5. The fraction of sp³-hybridized carbons (Fsp3) is 0.609. The van der Waals surface area contributed by atoms with E-state index < -0.39 is 0 Å². The molecule has 1 atom stereocenters. The maximum Gasteiger partial charge on any atom is 0.162 e. The average molecular weight is 418 g/mol. The summed E-state index contributed by atoms with van der Waals surface area (Å²) < 4.78 is 11.1. The van der Waals surface area contributed by atoms with Crippen LogP contribution in [-0.2, 0) is 12.8 Å². The SMILES string of the molecule is CCC(CCl)N1CCC(Nc2c3c(nc4cc(OC)c(OC)cc24)CCC3)CC1. The molecule has 0 bridgehead atoms. The zero-order chi connectivity index (χ0) is 20.4. The summed E-state index contributed by atoms with van der Waals surface area (Å²) >= 11 is 6.16. The van der Waals surface area contributed by atoms with Crippen molar-refractivity contribution in [3.63, 3.8) is 0 Å². The van der Waals surface area contributed by atoms with Crippen molar-refractivity contribution >= 4 is 28.2 Å². The standard InChI is InChI=1S/C23H32ClN3O2/c1-4-16(14-24)27-10-8-15(9-11-27)25-23-17-6-5-7-19(17)26-20-13-22(29-3)21(28-2)12-18(20)23/h12-13,15-16H,4-11,14H2,1-3H3,(H,25,26). The van der Waals surface area contributed by atoms with Crippen LogP contribution in [0, 0.1) is 0 Å². The lowest BCUT2D eigenvalue weighted by Crippen LogP contribution is -2.45. The van der Waals surface area contributed by atoms with Gasteiger partial charge in [-0.2, -0.15) is 0 Å². The fourth-order valence-corrected chi connectivity index (χ4v) is 5.25. The number of methoxy groups -OCH3 is 2. The molecule has 1 aliphatic heterocycles. The minimum Gasteiger partial charge on any atom is -0.493 e. The van der Waals surface area contributed by atoms with E-state index in [9.17, 15) is 0 Å². The third-order valence-corrected chi connectivity index (χ3v) is 6.92. The molecule has 29 heavy (non-hydrogen) atoms. The van der Waals surface area contributed by atoms with E-state index >= 15 is 0 Å². The highest BCUT2D eigenvalue weighted by atomic mass is 35.5. The summed E-state index contributed by atoms with van der Waals surface area (Å²) in [7, 11) is 3.36. The Morgan fingerprint density at radius 1 is 1.17 bits per heavy atom. The van der Waals surface area contributed by atoms with Crippen molar-refractivity contribution < 1.29 is 9.47 Å². The van der Waals surface area contributed by atoms with Crippen LogP contribution >= 0.6 is 11.6 Å². The van der Waals surface area contributed by atoms with Crippen LogP contribution in [0.4, 0.5) is 5.69 Å². The van der Waals surface area contributed by atoms with E-state index in [1.807, 2.05) is 6.07 Å². The van der Waals surface area contributed by atoms with Gasteiger partial charge in [0.15, 0.2) is 11.5 Å².